The van der Waals surface area contributed by atoms with Crippen LogP contribution in [-0.4, -0.2) is 36.8 Å². The second-order valence-electron chi connectivity index (χ2n) is 5.17. The summed E-state index contributed by atoms with van der Waals surface area (Å²) >= 11 is 0. The second kappa shape index (κ2) is 7.00. The smallest absolute Gasteiger partial charge is 0.264 e. The maximum atomic E-state index is 12.8. The zero-order valence-electron chi connectivity index (χ0n) is 14.4. The normalized spacial score (nSPS) is 11.0. The zero-order valence-corrected chi connectivity index (χ0v) is 15.2. The van der Waals surface area contributed by atoms with Gasteiger partial charge in [-0.15, -0.1) is 0 Å². The number of anilines is 1. The Kier molecular flexibility index (Phi) is 5.23. The number of ether oxygens (including phenoxy) is 3. The van der Waals surface area contributed by atoms with Crippen molar-refractivity contribution in [3.05, 3.63) is 42.0 Å². The van der Waals surface area contributed by atoms with Crippen LogP contribution < -0.4 is 18.5 Å². The molecule has 0 bridgehead atoms. The van der Waals surface area contributed by atoms with Crippen LogP contribution in [0.15, 0.2) is 41.3 Å². The van der Waals surface area contributed by atoms with Gasteiger partial charge < -0.3 is 14.2 Å². The van der Waals surface area contributed by atoms with E-state index in [1.165, 1.54) is 32.7 Å². The molecule has 0 atom stereocenters. The van der Waals surface area contributed by atoms with E-state index in [0.29, 0.717) is 22.9 Å². The van der Waals surface area contributed by atoms with E-state index in [0.717, 1.165) is 5.56 Å². The summed E-state index contributed by atoms with van der Waals surface area (Å²) < 4.78 is 42.6. The van der Waals surface area contributed by atoms with Crippen LogP contribution in [0.25, 0.3) is 0 Å². The molecule has 24 heavy (non-hydrogen) atoms. The van der Waals surface area contributed by atoms with Crippen LogP contribution in [0, 0.1) is 6.92 Å². The van der Waals surface area contributed by atoms with Crippen LogP contribution in [-0.2, 0) is 10.0 Å². The Morgan fingerprint density at radius 3 is 1.79 bits per heavy atom. The van der Waals surface area contributed by atoms with Gasteiger partial charge in [0.1, 0.15) is 0 Å². The summed E-state index contributed by atoms with van der Waals surface area (Å²) in [6.45, 7) is 1.90. The third kappa shape index (κ3) is 3.26. The van der Waals surface area contributed by atoms with Gasteiger partial charge in [-0.05, 0) is 19.1 Å². The van der Waals surface area contributed by atoms with Gasteiger partial charge in [-0.3, -0.25) is 4.31 Å². The van der Waals surface area contributed by atoms with Crippen molar-refractivity contribution in [3.8, 4) is 17.2 Å². The molecule has 0 spiro atoms. The SMILES string of the molecule is COc1cc(N(C)S(=O)(=O)c2ccc(C)cc2)cc(OC)c1OC. The number of nitrogens with zero attached hydrogens (tertiary/aromatic N) is 1. The minimum atomic E-state index is -3.70. The van der Waals surface area contributed by atoms with E-state index in [-0.39, 0.29) is 4.90 Å². The third-order valence-electron chi connectivity index (χ3n) is 3.69. The number of benzene rings is 2. The van der Waals surface area contributed by atoms with Gasteiger partial charge >= 0.3 is 0 Å². The fraction of sp³-hybridized carbons (Fsp3) is 0.294. The predicted octanol–water partition coefficient (Wildman–Crippen LogP) is 2.85. The number of hydrogen-bond acceptors (Lipinski definition) is 5. The van der Waals surface area contributed by atoms with Crippen LogP contribution in [0.2, 0.25) is 0 Å². The standard InChI is InChI=1S/C17H21NO5S/c1-12-6-8-14(9-7-12)24(19,20)18(2)13-10-15(21-3)17(23-5)16(11-13)22-4/h6-11H,1-5H3. The molecule has 0 aromatic heterocycles. The molecule has 2 aromatic carbocycles. The maximum absolute atomic E-state index is 12.8. The average molecular weight is 351 g/mol. The number of aryl methyl sites for hydroxylation is 1. The summed E-state index contributed by atoms with van der Waals surface area (Å²) in [5, 5.41) is 0. The molecule has 6 nitrogen and oxygen atoms in total. The minimum absolute atomic E-state index is 0.212. The molecule has 0 aliphatic heterocycles. The Balaban J connectivity index is 2.52. The molecule has 0 N–H and O–H groups in total. The summed E-state index contributed by atoms with van der Waals surface area (Å²) in [5.74, 6) is 1.18. The van der Waals surface area contributed by atoms with Crippen molar-refractivity contribution < 1.29 is 22.6 Å². The summed E-state index contributed by atoms with van der Waals surface area (Å²) in [6.07, 6.45) is 0. The zero-order chi connectivity index (χ0) is 17.9. The molecule has 0 aliphatic rings. The van der Waals surface area contributed by atoms with Crippen LogP contribution in [0.4, 0.5) is 5.69 Å². The van der Waals surface area contributed by atoms with Crippen molar-refractivity contribution >= 4 is 15.7 Å². The topological polar surface area (TPSA) is 65.1 Å². The van der Waals surface area contributed by atoms with Crippen molar-refractivity contribution in [2.45, 2.75) is 11.8 Å². The van der Waals surface area contributed by atoms with Gasteiger partial charge in [-0.25, -0.2) is 8.42 Å². The molecule has 7 heteroatoms. The first-order chi connectivity index (χ1) is 11.3. The second-order valence-corrected chi connectivity index (χ2v) is 7.14. The molecule has 0 amide bonds. The first kappa shape index (κ1) is 17.9. The first-order valence-electron chi connectivity index (χ1n) is 7.20. The Morgan fingerprint density at radius 1 is 0.875 bits per heavy atom. The number of hydrogen-bond donors (Lipinski definition) is 0. The van der Waals surface area contributed by atoms with Crippen LogP contribution in [0.5, 0.6) is 17.2 Å². The van der Waals surface area contributed by atoms with Gasteiger partial charge in [0.15, 0.2) is 11.5 Å². The lowest BCUT2D eigenvalue weighted by Gasteiger charge is -2.22. The van der Waals surface area contributed by atoms with Crippen molar-refractivity contribution in [2.75, 3.05) is 32.7 Å². The molecule has 0 aliphatic carbocycles. The monoisotopic (exact) mass is 351 g/mol. The summed E-state index contributed by atoms with van der Waals surface area (Å²) in [5.41, 5.74) is 1.40. The molecule has 0 saturated heterocycles. The molecule has 0 saturated carbocycles. The molecule has 0 heterocycles. The Labute approximate surface area is 142 Å². The fourth-order valence-electron chi connectivity index (χ4n) is 2.26. The van der Waals surface area contributed by atoms with Gasteiger partial charge in [0, 0.05) is 19.2 Å². The predicted molar refractivity (Wildman–Crippen MR) is 92.9 cm³/mol. The number of sulfonamides is 1. The highest BCUT2D eigenvalue weighted by Crippen LogP contribution is 2.41. The summed E-state index contributed by atoms with van der Waals surface area (Å²) in [4.78, 5) is 0.212. The van der Waals surface area contributed by atoms with Crippen LogP contribution >= 0.6 is 0 Å². The largest absolute Gasteiger partial charge is 0.493 e. The summed E-state index contributed by atoms with van der Waals surface area (Å²) in [7, 11) is 2.24. The lowest BCUT2D eigenvalue weighted by molar-refractivity contribution is 0.324. The van der Waals surface area contributed by atoms with Crippen molar-refractivity contribution in [1.29, 1.82) is 0 Å². The molecule has 2 aromatic rings. The van der Waals surface area contributed by atoms with Gasteiger partial charge in [0.25, 0.3) is 10.0 Å². The fourth-order valence-corrected chi connectivity index (χ4v) is 3.44. The molecular weight excluding hydrogens is 330 g/mol. The lowest BCUT2D eigenvalue weighted by atomic mass is 10.2. The van der Waals surface area contributed by atoms with E-state index in [1.807, 2.05) is 6.92 Å². The lowest BCUT2D eigenvalue weighted by Crippen LogP contribution is -2.26. The Hall–Kier alpha value is -2.41. The van der Waals surface area contributed by atoms with Crippen molar-refractivity contribution in [2.24, 2.45) is 0 Å². The average Bonchev–Trinajstić information content (AvgIpc) is 2.59. The number of rotatable bonds is 6. The van der Waals surface area contributed by atoms with Gasteiger partial charge in [0.05, 0.1) is 31.9 Å². The molecule has 2 rings (SSSR count). The van der Waals surface area contributed by atoms with E-state index < -0.39 is 10.0 Å². The highest BCUT2D eigenvalue weighted by molar-refractivity contribution is 7.92. The van der Waals surface area contributed by atoms with E-state index in [2.05, 4.69) is 0 Å². The van der Waals surface area contributed by atoms with Crippen LogP contribution in [0.1, 0.15) is 5.56 Å². The third-order valence-corrected chi connectivity index (χ3v) is 5.49. The first-order valence-corrected chi connectivity index (χ1v) is 8.64. The van der Waals surface area contributed by atoms with E-state index in [4.69, 9.17) is 14.2 Å². The molecule has 130 valence electrons. The van der Waals surface area contributed by atoms with Gasteiger partial charge in [-0.1, -0.05) is 17.7 Å². The van der Waals surface area contributed by atoms with Gasteiger partial charge in [0.2, 0.25) is 5.75 Å². The summed E-state index contributed by atoms with van der Waals surface area (Å²) in [6, 6.07) is 9.87. The maximum Gasteiger partial charge on any atom is 0.264 e. The molecular formula is C17H21NO5S. The van der Waals surface area contributed by atoms with Gasteiger partial charge in [-0.2, -0.15) is 0 Å². The van der Waals surface area contributed by atoms with E-state index in [9.17, 15) is 8.42 Å². The molecule has 0 unspecified atom stereocenters. The molecule has 0 radical (unpaired) electrons. The van der Waals surface area contributed by atoms with E-state index in [1.54, 1.807) is 36.4 Å². The minimum Gasteiger partial charge on any atom is -0.493 e. The molecule has 0 fully saturated rings. The number of methoxy groups -OCH3 is 3. The van der Waals surface area contributed by atoms with Crippen LogP contribution in [0.3, 0.4) is 0 Å². The van der Waals surface area contributed by atoms with E-state index >= 15 is 0 Å². The highest BCUT2D eigenvalue weighted by atomic mass is 32.2. The highest BCUT2D eigenvalue weighted by Gasteiger charge is 2.24. The van der Waals surface area contributed by atoms with Crippen molar-refractivity contribution in [1.82, 2.24) is 0 Å². The Bertz CT molecular complexity index is 790. The Morgan fingerprint density at radius 2 is 1.38 bits per heavy atom. The quantitative estimate of drug-likeness (QED) is 0.801. The van der Waals surface area contributed by atoms with Crippen molar-refractivity contribution in [3.63, 3.8) is 0 Å².